The van der Waals surface area contributed by atoms with Crippen molar-refractivity contribution in [1.82, 2.24) is 9.97 Å². The van der Waals surface area contributed by atoms with Crippen LogP contribution in [0.2, 0.25) is 0 Å². The van der Waals surface area contributed by atoms with Crippen molar-refractivity contribution in [3.8, 4) is 0 Å². The van der Waals surface area contributed by atoms with Gasteiger partial charge in [-0.2, -0.15) is 0 Å². The van der Waals surface area contributed by atoms with E-state index in [1.807, 2.05) is 24.5 Å². The van der Waals surface area contributed by atoms with Crippen LogP contribution >= 0.6 is 11.3 Å². The molecule has 4 heteroatoms. The van der Waals surface area contributed by atoms with Crippen LogP contribution in [0.25, 0.3) is 0 Å². The third kappa shape index (κ3) is 4.31. The van der Waals surface area contributed by atoms with Gasteiger partial charge < -0.3 is 5.32 Å². The summed E-state index contributed by atoms with van der Waals surface area (Å²) in [5.41, 5.74) is 1.22. The second-order valence-electron chi connectivity index (χ2n) is 4.65. The molecule has 0 aliphatic rings. The lowest BCUT2D eigenvalue weighted by molar-refractivity contribution is 0.823. The number of aryl methyl sites for hydroxylation is 3. The van der Waals surface area contributed by atoms with Gasteiger partial charge in [-0.1, -0.05) is 19.4 Å². The fourth-order valence-corrected chi connectivity index (χ4v) is 2.64. The number of nitrogens with zero attached hydrogens (tertiary/aromatic N) is 2. The monoisotopic (exact) mass is 275 g/mol. The van der Waals surface area contributed by atoms with Gasteiger partial charge >= 0.3 is 0 Å². The van der Waals surface area contributed by atoms with Gasteiger partial charge in [0.25, 0.3) is 0 Å². The molecule has 1 N–H and O–H groups in total. The third-order valence-corrected chi connectivity index (χ3v) is 3.96. The number of hydrogen-bond donors (Lipinski definition) is 1. The van der Waals surface area contributed by atoms with Crippen LogP contribution in [0.3, 0.4) is 0 Å². The quantitative estimate of drug-likeness (QED) is 0.780. The first-order valence-corrected chi connectivity index (χ1v) is 7.76. The van der Waals surface area contributed by atoms with Crippen molar-refractivity contribution < 1.29 is 0 Å². The average molecular weight is 275 g/mol. The molecule has 0 spiro atoms. The zero-order valence-electron chi connectivity index (χ0n) is 11.6. The molecule has 0 saturated carbocycles. The highest BCUT2D eigenvalue weighted by atomic mass is 32.1. The average Bonchev–Trinajstić information content (AvgIpc) is 2.91. The van der Waals surface area contributed by atoms with Crippen LogP contribution in [0, 0.1) is 6.92 Å². The topological polar surface area (TPSA) is 37.8 Å². The lowest BCUT2D eigenvalue weighted by Gasteiger charge is -2.10. The van der Waals surface area contributed by atoms with E-state index in [1.54, 1.807) is 0 Å². The van der Waals surface area contributed by atoms with E-state index in [1.165, 1.54) is 23.3 Å². The number of rotatable bonds is 7. The molecule has 2 aromatic heterocycles. The minimum Gasteiger partial charge on any atom is -0.370 e. The van der Waals surface area contributed by atoms with Gasteiger partial charge in [-0.15, -0.1) is 11.3 Å². The molecule has 0 amide bonds. The molecule has 0 atom stereocenters. The molecular weight excluding hydrogens is 254 g/mol. The Labute approximate surface area is 119 Å². The molecule has 2 aromatic rings. The summed E-state index contributed by atoms with van der Waals surface area (Å²) in [5.74, 6) is 1.84. The van der Waals surface area contributed by atoms with E-state index in [0.717, 1.165) is 31.0 Å². The van der Waals surface area contributed by atoms with Crippen LogP contribution in [0.5, 0.6) is 0 Å². The lowest BCUT2D eigenvalue weighted by Crippen LogP contribution is -2.08. The Balaban J connectivity index is 2.01. The Morgan fingerprint density at radius 2 is 2.21 bits per heavy atom. The fraction of sp³-hybridized carbons (Fsp3) is 0.467. The number of anilines is 1. The first kappa shape index (κ1) is 14.0. The molecule has 0 unspecified atom stereocenters. The predicted molar refractivity (Wildman–Crippen MR) is 81.9 cm³/mol. The Hall–Kier alpha value is -1.42. The van der Waals surface area contributed by atoms with Gasteiger partial charge in [-0.25, -0.2) is 9.97 Å². The highest BCUT2D eigenvalue weighted by Gasteiger charge is 2.06. The largest absolute Gasteiger partial charge is 0.370 e. The lowest BCUT2D eigenvalue weighted by atomic mass is 10.1. The van der Waals surface area contributed by atoms with E-state index in [0.29, 0.717) is 0 Å². The van der Waals surface area contributed by atoms with E-state index in [4.69, 9.17) is 0 Å². The summed E-state index contributed by atoms with van der Waals surface area (Å²) >= 11 is 1.81. The standard InChI is InChI=1S/C15H21N3S/c1-3-4-9-16-15-13(11-17-12(2)18-15)7-8-14-6-5-10-19-14/h5-6,10-11H,3-4,7-9H2,1-2H3,(H,16,17,18). The molecule has 0 aliphatic heterocycles. The molecule has 3 nitrogen and oxygen atoms in total. The zero-order chi connectivity index (χ0) is 13.5. The van der Waals surface area contributed by atoms with E-state index in [2.05, 4.69) is 39.7 Å². The highest BCUT2D eigenvalue weighted by molar-refractivity contribution is 7.09. The molecule has 0 radical (unpaired) electrons. The van der Waals surface area contributed by atoms with Gasteiger partial charge in [0.2, 0.25) is 0 Å². The molecule has 102 valence electrons. The van der Waals surface area contributed by atoms with Gasteiger partial charge in [0.1, 0.15) is 11.6 Å². The van der Waals surface area contributed by atoms with Crippen molar-refractivity contribution in [2.24, 2.45) is 0 Å². The summed E-state index contributed by atoms with van der Waals surface area (Å²) in [6.45, 7) is 5.12. The number of hydrogen-bond acceptors (Lipinski definition) is 4. The Morgan fingerprint density at radius 3 is 2.95 bits per heavy atom. The van der Waals surface area contributed by atoms with Gasteiger partial charge in [0, 0.05) is 23.2 Å². The van der Waals surface area contributed by atoms with Crippen molar-refractivity contribution in [2.45, 2.75) is 39.5 Å². The Bertz CT molecular complexity index is 494. The second kappa shape index (κ2) is 7.24. The molecule has 0 aromatic carbocycles. The maximum atomic E-state index is 4.53. The first-order valence-electron chi connectivity index (χ1n) is 6.88. The molecule has 0 saturated heterocycles. The van der Waals surface area contributed by atoms with Gasteiger partial charge in [0.15, 0.2) is 0 Å². The van der Waals surface area contributed by atoms with E-state index >= 15 is 0 Å². The number of unbranched alkanes of at least 4 members (excludes halogenated alkanes) is 1. The van der Waals surface area contributed by atoms with Gasteiger partial charge in [-0.3, -0.25) is 0 Å². The fourth-order valence-electron chi connectivity index (χ4n) is 1.93. The number of thiophene rings is 1. The van der Waals surface area contributed by atoms with Crippen molar-refractivity contribution >= 4 is 17.2 Å². The minimum atomic E-state index is 0.832. The van der Waals surface area contributed by atoms with Crippen LogP contribution in [0.1, 0.15) is 36.0 Å². The molecule has 0 aliphatic carbocycles. The van der Waals surface area contributed by atoms with Crippen molar-refractivity contribution in [3.63, 3.8) is 0 Å². The Kier molecular flexibility index (Phi) is 5.33. The third-order valence-electron chi connectivity index (χ3n) is 3.03. The van der Waals surface area contributed by atoms with Crippen molar-refractivity contribution in [2.75, 3.05) is 11.9 Å². The zero-order valence-corrected chi connectivity index (χ0v) is 12.5. The smallest absolute Gasteiger partial charge is 0.132 e. The molecule has 0 bridgehead atoms. The maximum absolute atomic E-state index is 4.53. The van der Waals surface area contributed by atoms with Crippen LogP contribution in [-0.2, 0) is 12.8 Å². The van der Waals surface area contributed by atoms with Crippen LogP contribution < -0.4 is 5.32 Å². The van der Waals surface area contributed by atoms with Gasteiger partial charge in [0.05, 0.1) is 0 Å². The number of nitrogens with one attached hydrogen (secondary N) is 1. The van der Waals surface area contributed by atoms with Gasteiger partial charge in [-0.05, 0) is 37.6 Å². The van der Waals surface area contributed by atoms with E-state index < -0.39 is 0 Å². The molecular formula is C15H21N3S. The highest BCUT2D eigenvalue weighted by Crippen LogP contribution is 2.17. The number of aromatic nitrogens is 2. The van der Waals surface area contributed by atoms with E-state index in [-0.39, 0.29) is 0 Å². The Morgan fingerprint density at radius 1 is 1.32 bits per heavy atom. The predicted octanol–water partition coefficient (Wildman–Crippen LogP) is 3.84. The summed E-state index contributed by atoms with van der Waals surface area (Å²) < 4.78 is 0. The molecule has 0 fully saturated rings. The van der Waals surface area contributed by atoms with Crippen LogP contribution in [0.15, 0.2) is 23.7 Å². The second-order valence-corrected chi connectivity index (χ2v) is 5.68. The van der Waals surface area contributed by atoms with Crippen LogP contribution in [0.4, 0.5) is 5.82 Å². The normalized spacial score (nSPS) is 10.6. The van der Waals surface area contributed by atoms with Crippen molar-refractivity contribution in [1.29, 1.82) is 0 Å². The molecule has 2 heterocycles. The summed E-state index contributed by atoms with van der Waals surface area (Å²) in [4.78, 5) is 10.3. The van der Waals surface area contributed by atoms with E-state index in [9.17, 15) is 0 Å². The summed E-state index contributed by atoms with van der Waals surface area (Å²) in [6, 6.07) is 4.29. The summed E-state index contributed by atoms with van der Waals surface area (Å²) in [5, 5.41) is 5.56. The SMILES string of the molecule is CCCCNc1nc(C)ncc1CCc1cccs1. The van der Waals surface area contributed by atoms with Crippen molar-refractivity contribution in [3.05, 3.63) is 40.0 Å². The maximum Gasteiger partial charge on any atom is 0.132 e. The molecule has 2 rings (SSSR count). The summed E-state index contributed by atoms with van der Waals surface area (Å²) in [7, 11) is 0. The molecule has 19 heavy (non-hydrogen) atoms. The minimum absolute atomic E-state index is 0.832. The first-order chi connectivity index (χ1) is 9.29. The van der Waals surface area contributed by atoms with Crippen LogP contribution in [-0.4, -0.2) is 16.5 Å². The summed E-state index contributed by atoms with van der Waals surface area (Å²) in [6.07, 6.45) is 6.39.